The lowest BCUT2D eigenvalue weighted by atomic mass is 9.89. The second-order valence-electron chi connectivity index (χ2n) is 9.76. The van der Waals surface area contributed by atoms with Crippen LogP contribution in [0.4, 0.5) is 0 Å². The molecule has 0 spiro atoms. The van der Waals surface area contributed by atoms with E-state index in [-0.39, 0.29) is 6.61 Å². The summed E-state index contributed by atoms with van der Waals surface area (Å²) >= 11 is 0. The number of ether oxygens (including phenoxy) is 1. The second kappa shape index (κ2) is 19.9. The fourth-order valence-corrected chi connectivity index (χ4v) is 3.89. The van der Waals surface area contributed by atoms with Gasteiger partial charge in [-0.25, -0.2) is 4.79 Å². The van der Waals surface area contributed by atoms with Gasteiger partial charge in [0.25, 0.3) is 0 Å². The Morgan fingerprint density at radius 2 is 0.872 bits per heavy atom. The number of rotatable bonds is 23. The van der Waals surface area contributed by atoms with Crippen LogP contribution in [0.3, 0.4) is 0 Å². The molecule has 0 saturated carbocycles. The Kier molecular flexibility index (Phi) is 19.4. The van der Waals surface area contributed by atoms with E-state index in [1.165, 1.54) is 0 Å². The smallest absolute Gasteiger partial charge is 0.335 e. The van der Waals surface area contributed by atoms with Gasteiger partial charge >= 0.3 is 5.97 Å². The first-order valence-electron chi connectivity index (χ1n) is 13.2. The van der Waals surface area contributed by atoms with Crippen molar-refractivity contribution in [2.24, 2.45) is 0 Å². The van der Waals surface area contributed by atoms with Crippen molar-refractivity contribution < 1.29 is 75.9 Å². The molecule has 13 N–H and O–H groups in total. The summed E-state index contributed by atoms with van der Waals surface area (Å²) in [4.78, 5) is 11.5. The van der Waals surface area contributed by atoms with E-state index in [1.807, 2.05) is 0 Å². The molecular weight excluding hydrogens is 528 g/mol. The molecule has 0 saturated heterocycles. The van der Waals surface area contributed by atoms with Gasteiger partial charge in [-0.15, -0.1) is 0 Å². The maximum absolute atomic E-state index is 11.5. The standard InChI is InChI=1S/C24H48O15/c1-2-3-4-5-6-7-8-9-10-39-23(24(37)38)22(36)21(35)20(34)19(33)18(32)17(31)16(30)15(29)14(28)13(27)12(26)11-25/h12-23,25-36H,2-11H2,1H3,(H,37,38). The summed E-state index contributed by atoms with van der Waals surface area (Å²) in [6.45, 7) is 0.995. The zero-order valence-corrected chi connectivity index (χ0v) is 22.1. The number of carboxylic acids is 1. The lowest BCUT2D eigenvalue weighted by Gasteiger charge is -2.35. The molecule has 0 aliphatic rings. The minimum absolute atomic E-state index is 0.0844. The summed E-state index contributed by atoms with van der Waals surface area (Å²) in [6.07, 6.45) is -20.6. The third-order valence-electron chi connectivity index (χ3n) is 6.58. The third kappa shape index (κ3) is 12.6. The predicted molar refractivity (Wildman–Crippen MR) is 133 cm³/mol. The Labute approximate surface area is 227 Å². The van der Waals surface area contributed by atoms with E-state index in [9.17, 15) is 66.1 Å². The molecule has 0 fully saturated rings. The Bertz CT molecular complexity index is 641. The van der Waals surface area contributed by atoms with E-state index in [0.717, 1.165) is 44.9 Å². The van der Waals surface area contributed by atoms with E-state index in [0.29, 0.717) is 6.42 Å². The van der Waals surface area contributed by atoms with Crippen molar-refractivity contribution in [2.75, 3.05) is 13.2 Å². The molecule has 15 nitrogen and oxygen atoms in total. The average molecular weight is 577 g/mol. The van der Waals surface area contributed by atoms with E-state index in [1.54, 1.807) is 0 Å². The van der Waals surface area contributed by atoms with E-state index >= 15 is 0 Å². The quantitative estimate of drug-likeness (QED) is 0.0511. The van der Waals surface area contributed by atoms with Crippen molar-refractivity contribution in [3.05, 3.63) is 0 Å². The molecule has 12 unspecified atom stereocenters. The largest absolute Gasteiger partial charge is 0.479 e. The molecule has 0 rings (SSSR count). The molecule has 0 aliphatic carbocycles. The Morgan fingerprint density at radius 1 is 0.538 bits per heavy atom. The van der Waals surface area contributed by atoms with Gasteiger partial charge in [0, 0.05) is 6.61 Å². The summed E-state index contributed by atoms with van der Waals surface area (Å²) in [7, 11) is 0. The van der Waals surface area contributed by atoms with Gasteiger partial charge in [-0.2, -0.15) is 0 Å². The minimum atomic E-state index is -2.54. The highest BCUT2D eigenvalue weighted by Crippen LogP contribution is 2.19. The fourth-order valence-electron chi connectivity index (χ4n) is 3.89. The molecule has 0 aromatic carbocycles. The summed E-state index contributed by atoms with van der Waals surface area (Å²) in [5.74, 6) is -1.68. The fraction of sp³-hybridized carbons (Fsp3) is 0.958. The van der Waals surface area contributed by atoms with Crippen LogP contribution in [-0.2, 0) is 9.53 Å². The predicted octanol–water partition coefficient (Wildman–Crippen LogP) is -4.44. The highest BCUT2D eigenvalue weighted by Gasteiger charge is 2.45. The van der Waals surface area contributed by atoms with E-state index < -0.39 is 85.8 Å². The van der Waals surface area contributed by atoms with Crippen molar-refractivity contribution in [1.29, 1.82) is 0 Å². The topological polar surface area (TPSA) is 289 Å². The first-order valence-corrected chi connectivity index (χ1v) is 13.2. The number of aliphatic hydroxyl groups is 12. The van der Waals surface area contributed by atoms with E-state index in [4.69, 9.17) is 9.84 Å². The summed E-state index contributed by atoms with van der Waals surface area (Å²) < 4.78 is 5.14. The maximum Gasteiger partial charge on any atom is 0.335 e. The Morgan fingerprint density at radius 3 is 1.23 bits per heavy atom. The number of hydrogen-bond donors (Lipinski definition) is 13. The molecule has 0 radical (unpaired) electrons. The lowest BCUT2D eigenvalue weighted by molar-refractivity contribution is -0.203. The van der Waals surface area contributed by atoms with Gasteiger partial charge in [0.1, 0.15) is 67.1 Å². The van der Waals surface area contributed by atoms with E-state index in [2.05, 4.69) is 6.92 Å². The molecule has 0 bridgehead atoms. The van der Waals surface area contributed by atoms with Crippen LogP contribution >= 0.6 is 0 Å². The highest BCUT2D eigenvalue weighted by atomic mass is 16.5. The number of carboxylic acid groups (broad SMARTS) is 1. The Hall–Kier alpha value is -1.05. The number of carbonyl (C=O) groups is 1. The summed E-state index contributed by atoms with van der Waals surface area (Å²) in [5, 5.41) is 128. The van der Waals surface area contributed by atoms with Crippen molar-refractivity contribution in [2.45, 2.75) is 132 Å². The van der Waals surface area contributed by atoms with Crippen LogP contribution < -0.4 is 0 Å². The second-order valence-corrected chi connectivity index (χ2v) is 9.76. The monoisotopic (exact) mass is 576 g/mol. The lowest BCUT2D eigenvalue weighted by Crippen LogP contribution is -2.60. The maximum atomic E-state index is 11.5. The summed E-state index contributed by atoms with van der Waals surface area (Å²) in [5.41, 5.74) is 0. The molecule has 0 heterocycles. The van der Waals surface area contributed by atoms with Crippen molar-refractivity contribution in [3.8, 4) is 0 Å². The van der Waals surface area contributed by atoms with Gasteiger partial charge in [-0.1, -0.05) is 51.9 Å². The highest BCUT2D eigenvalue weighted by molar-refractivity contribution is 5.73. The zero-order chi connectivity index (χ0) is 30.3. The number of unbranched alkanes of at least 4 members (excludes halogenated alkanes) is 7. The number of aliphatic hydroxyl groups excluding tert-OH is 12. The molecule has 39 heavy (non-hydrogen) atoms. The molecule has 0 aromatic rings. The Balaban J connectivity index is 4.97. The van der Waals surface area contributed by atoms with Gasteiger partial charge in [0.2, 0.25) is 0 Å². The van der Waals surface area contributed by atoms with Crippen LogP contribution in [-0.4, -0.2) is 159 Å². The van der Waals surface area contributed by atoms with Crippen LogP contribution in [0, 0.1) is 0 Å². The van der Waals surface area contributed by atoms with Crippen molar-refractivity contribution in [1.82, 2.24) is 0 Å². The first-order chi connectivity index (χ1) is 18.2. The molecule has 234 valence electrons. The molecular formula is C24H48O15. The zero-order valence-electron chi connectivity index (χ0n) is 22.1. The van der Waals surface area contributed by atoms with Gasteiger partial charge < -0.3 is 71.1 Å². The first kappa shape index (κ1) is 38.0. The molecule has 0 aliphatic heterocycles. The van der Waals surface area contributed by atoms with Crippen molar-refractivity contribution >= 4 is 5.97 Å². The molecule has 12 atom stereocenters. The van der Waals surface area contributed by atoms with Gasteiger partial charge in [0.05, 0.1) is 6.61 Å². The molecule has 0 amide bonds. The minimum Gasteiger partial charge on any atom is -0.479 e. The van der Waals surface area contributed by atoms with Gasteiger partial charge in [-0.05, 0) is 6.42 Å². The number of hydrogen-bond acceptors (Lipinski definition) is 14. The van der Waals surface area contributed by atoms with Gasteiger partial charge in [-0.3, -0.25) is 0 Å². The SMILES string of the molecule is CCCCCCCCCCOC(C(=O)O)C(O)C(O)C(O)C(O)C(O)C(O)C(O)C(O)C(O)C(O)C(O)CO. The average Bonchev–Trinajstić information content (AvgIpc) is 2.93. The molecule has 0 aromatic heterocycles. The number of aliphatic carboxylic acids is 1. The van der Waals surface area contributed by atoms with Crippen LogP contribution in [0.2, 0.25) is 0 Å². The van der Waals surface area contributed by atoms with Crippen LogP contribution in [0.5, 0.6) is 0 Å². The normalized spacial score (nSPS) is 21.6. The van der Waals surface area contributed by atoms with Crippen molar-refractivity contribution in [3.63, 3.8) is 0 Å². The third-order valence-corrected chi connectivity index (χ3v) is 6.58. The van der Waals surface area contributed by atoms with Crippen LogP contribution in [0.15, 0.2) is 0 Å². The van der Waals surface area contributed by atoms with Crippen LogP contribution in [0.1, 0.15) is 58.3 Å². The summed E-state index contributed by atoms with van der Waals surface area (Å²) in [6, 6.07) is 0. The van der Waals surface area contributed by atoms with Gasteiger partial charge in [0.15, 0.2) is 6.10 Å². The van der Waals surface area contributed by atoms with Crippen LogP contribution in [0.25, 0.3) is 0 Å². The molecule has 15 heteroatoms.